The van der Waals surface area contributed by atoms with Gasteiger partial charge in [-0.3, -0.25) is 4.79 Å². The summed E-state index contributed by atoms with van der Waals surface area (Å²) in [4.78, 5) is 24.4. The fourth-order valence-corrected chi connectivity index (χ4v) is 6.18. The Labute approximate surface area is 183 Å². The van der Waals surface area contributed by atoms with Crippen LogP contribution in [0.2, 0.25) is 5.02 Å². The van der Waals surface area contributed by atoms with Gasteiger partial charge in [0.15, 0.2) is 0 Å². The summed E-state index contributed by atoms with van der Waals surface area (Å²) >= 11 is 9.29. The van der Waals surface area contributed by atoms with Crippen molar-refractivity contribution in [1.29, 1.82) is 0 Å². The van der Waals surface area contributed by atoms with Crippen LogP contribution in [0.3, 0.4) is 0 Å². The van der Waals surface area contributed by atoms with E-state index in [1.165, 1.54) is 28.6 Å². The lowest BCUT2D eigenvalue weighted by molar-refractivity contribution is -0.113. The van der Waals surface area contributed by atoms with Crippen LogP contribution >= 0.6 is 34.7 Å². The van der Waals surface area contributed by atoms with E-state index in [-0.39, 0.29) is 11.7 Å². The summed E-state index contributed by atoms with van der Waals surface area (Å²) in [6.07, 6.45) is 3.35. The lowest BCUT2D eigenvalue weighted by Crippen LogP contribution is -2.15. The molecule has 0 bridgehead atoms. The second-order valence-corrected chi connectivity index (χ2v) is 9.77. The predicted molar refractivity (Wildman–Crippen MR) is 121 cm³/mol. The number of nitrogens with one attached hydrogen (secondary N) is 1. The number of anilines is 1. The highest BCUT2D eigenvalue weighted by Gasteiger charge is 2.24. The molecule has 2 aromatic heterocycles. The summed E-state index contributed by atoms with van der Waals surface area (Å²) in [6, 6.07) is 5.15. The van der Waals surface area contributed by atoms with Gasteiger partial charge < -0.3 is 10.1 Å². The number of aromatic nitrogens is 2. The third-order valence-corrected chi connectivity index (χ3v) is 7.37. The van der Waals surface area contributed by atoms with Crippen molar-refractivity contribution < 1.29 is 9.53 Å². The molecule has 29 heavy (non-hydrogen) atoms. The quantitative estimate of drug-likeness (QED) is 0.412. The largest absolute Gasteiger partial charge is 0.495 e. The Bertz CT molecular complexity index is 1080. The number of amides is 1. The molecule has 1 aliphatic rings. The minimum atomic E-state index is -0.127. The summed E-state index contributed by atoms with van der Waals surface area (Å²) < 4.78 is 5.30. The average molecular weight is 448 g/mol. The van der Waals surface area contributed by atoms with Crippen molar-refractivity contribution in [2.24, 2.45) is 5.92 Å². The molecule has 4 rings (SSSR count). The highest BCUT2D eigenvalue weighted by Crippen LogP contribution is 2.41. The molecule has 152 valence electrons. The Balaban J connectivity index is 1.55. The number of fused-ring (bicyclic) bond motifs is 3. The van der Waals surface area contributed by atoms with Crippen LogP contribution < -0.4 is 10.1 Å². The third-order valence-electron chi connectivity index (χ3n) is 5.01. The summed E-state index contributed by atoms with van der Waals surface area (Å²) in [5.74, 6) is 2.15. The Hall–Kier alpha value is -1.83. The maximum Gasteiger partial charge on any atom is 0.234 e. The van der Waals surface area contributed by atoms with Crippen LogP contribution in [0, 0.1) is 12.8 Å². The number of rotatable bonds is 5. The number of benzene rings is 1. The van der Waals surface area contributed by atoms with Crippen molar-refractivity contribution in [3.8, 4) is 5.75 Å². The number of nitrogens with zero attached hydrogens (tertiary/aromatic N) is 2. The SMILES string of the molecule is COc1ccc(Cl)cc1NC(=O)CSc1nc(C)nc2sc3c(c12)CCC(C)C3. The number of halogens is 1. The first-order valence-electron chi connectivity index (χ1n) is 9.49. The Morgan fingerprint density at radius 1 is 1.41 bits per heavy atom. The second-order valence-electron chi connectivity index (χ2n) is 7.29. The van der Waals surface area contributed by atoms with Crippen molar-refractivity contribution in [2.75, 3.05) is 18.2 Å². The summed E-state index contributed by atoms with van der Waals surface area (Å²) in [7, 11) is 1.56. The van der Waals surface area contributed by atoms with Crippen LogP contribution in [0.5, 0.6) is 5.75 Å². The Kier molecular flexibility index (Phi) is 5.99. The number of hydrogen-bond acceptors (Lipinski definition) is 6. The zero-order chi connectivity index (χ0) is 20.5. The van der Waals surface area contributed by atoms with Gasteiger partial charge in [-0.25, -0.2) is 9.97 Å². The van der Waals surface area contributed by atoms with Crippen LogP contribution in [-0.4, -0.2) is 28.7 Å². The first-order valence-corrected chi connectivity index (χ1v) is 11.7. The third kappa shape index (κ3) is 4.37. The average Bonchev–Trinajstić information content (AvgIpc) is 3.03. The zero-order valence-electron chi connectivity index (χ0n) is 16.5. The van der Waals surface area contributed by atoms with Gasteiger partial charge in [0.05, 0.1) is 18.6 Å². The Morgan fingerprint density at radius 3 is 3.03 bits per heavy atom. The van der Waals surface area contributed by atoms with E-state index >= 15 is 0 Å². The first kappa shape index (κ1) is 20.4. The van der Waals surface area contributed by atoms with Gasteiger partial charge >= 0.3 is 0 Å². The molecule has 0 saturated heterocycles. The van der Waals surface area contributed by atoms with E-state index in [1.54, 1.807) is 36.6 Å². The Morgan fingerprint density at radius 2 is 2.24 bits per heavy atom. The molecule has 1 aliphatic carbocycles. The molecule has 0 saturated carbocycles. The molecule has 3 aromatic rings. The molecule has 0 aliphatic heterocycles. The maximum atomic E-state index is 12.6. The number of thioether (sulfide) groups is 1. The summed E-state index contributed by atoms with van der Waals surface area (Å²) in [5, 5.41) is 5.47. The molecular weight excluding hydrogens is 426 g/mol. The summed E-state index contributed by atoms with van der Waals surface area (Å²) in [6.45, 7) is 4.20. The van der Waals surface area contributed by atoms with Crippen molar-refractivity contribution in [1.82, 2.24) is 9.97 Å². The number of methoxy groups -OCH3 is 1. The molecule has 1 aromatic carbocycles. The van der Waals surface area contributed by atoms with Gasteiger partial charge in [0.1, 0.15) is 21.4 Å². The van der Waals surface area contributed by atoms with Gasteiger partial charge in [-0.15, -0.1) is 11.3 Å². The van der Waals surface area contributed by atoms with Gasteiger partial charge in [-0.2, -0.15) is 0 Å². The molecule has 0 fully saturated rings. The van der Waals surface area contributed by atoms with E-state index in [4.69, 9.17) is 16.3 Å². The number of carbonyl (C=O) groups excluding carboxylic acids is 1. The number of carbonyl (C=O) groups is 1. The zero-order valence-corrected chi connectivity index (χ0v) is 18.9. The fraction of sp³-hybridized carbons (Fsp3) is 0.381. The van der Waals surface area contributed by atoms with E-state index in [0.29, 0.717) is 22.4 Å². The predicted octanol–water partition coefficient (Wildman–Crippen LogP) is 5.52. The lowest BCUT2D eigenvalue weighted by atomic mass is 9.89. The van der Waals surface area contributed by atoms with E-state index in [9.17, 15) is 4.79 Å². The fourth-order valence-electron chi connectivity index (χ4n) is 3.61. The first-order chi connectivity index (χ1) is 13.9. The standard InChI is InChI=1S/C21H22ClN3O2S2/c1-11-4-6-14-17(8-11)29-21-19(14)20(23-12(2)24-21)28-10-18(26)25-15-9-13(22)5-7-16(15)27-3/h5,7,9,11H,4,6,8,10H2,1-3H3,(H,25,26). The highest BCUT2D eigenvalue weighted by molar-refractivity contribution is 8.00. The van der Waals surface area contributed by atoms with E-state index < -0.39 is 0 Å². The molecule has 1 unspecified atom stereocenters. The number of aryl methyl sites for hydroxylation is 2. The second kappa shape index (κ2) is 8.50. The number of hydrogen-bond donors (Lipinski definition) is 1. The number of thiophene rings is 1. The van der Waals surface area contributed by atoms with Gasteiger partial charge in [-0.05, 0) is 55.9 Å². The maximum absolute atomic E-state index is 12.6. The van der Waals surface area contributed by atoms with Crippen molar-refractivity contribution >= 4 is 56.5 Å². The molecular formula is C21H22ClN3O2S2. The van der Waals surface area contributed by atoms with Crippen LogP contribution in [0.4, 0.5) is 5.69 Å². The topological polar surface area (TPSA) is 64.1 Å². The molecule has 2 heterocycles. The van der Waals surface area contributed by atoms with E-state index in [2.05, 4.69) is 22.2 Å². The van der Waals surface area contributed by atoms with Crippen molar-refractivity contribution in [3.63, 3.8) is 0 Å². The molecule has 1 amide bonds. The molecule has 0 radical (unpaired) electrons. The number of ether oxygens (including phenoxy) is 1. The van der Waals surface area contributed by atoms with Gasteiger partial charge in [0, 0.05) is 15.3 Å². The van der Waals surface area contributed by atoms with E-state index in [1.807, 2.05) is 6.92 Å². The lowest BCUT2D eigenvalue weighted by Gasteiger charge is -2.18. The van der Waals surface area contributed by atoms with Crippen molar-refractivity contribution in [3.05, 3.63) is 39.5 Å². The van der Waals surface area contributed by atoms with Gasteiger partial charge in [0.25, 0.3) is 0 Å². The van der Waals surface area contributed by atoms with E-state index in [0.717, 1.165) is 33.9 Å². The molecule has 1 N–H and O–H groups in total. The smallest absolute Gasteiger partial charge is 0.234 e. The molecule has 5 nitrogen and oxygen atoms in total. The van der Waals surface area contributed by atoms with Crippen LogP contribution in [-0.2, 0) is 17.6 Å². The minimum Gasteiger partial charge on any atom is -0.495 e. The normalized spacial score (nSPS) is 15.9. The summed E-state index contributed by atoms with van der Waals surface area (Å²) in [5.41, 5.74) is 1.94. The van der Waals surface area contributed by atoms with Gasteiger partial charge in [0.2, 0.25) is 5.91 Å². The highest BCUT2D eigenvalue weighted by atomic mass is 35.5. The molecule has 8 heteroatoms. The molecule has 0 spiro atoms. The monoisotopic (exact) mass is 447 g/mol. The van der Waals surface area contributed by atoms with Crippen LogP contribution in [0.25, 0.3) is 10.2 Å². The van der Waals surface area contributed by atoms with Crippen molar-refractivity contribution in [2.45, 2.75) is 38.1 Å². The minimum absolute atomic E-state index is 0.127. The van der Waals surface area contributed by atoms with Crippen LogP contribution in [0.15, 0.2) is 23.2 Å². The van der Waals surface area contributed by atoms with Crippen LogP contribution in [0.1, 0.15) is 29.6 Å². The van der Waals surface area contributed by atoms with Gasteiger partial charge in [-0.1, -0.05) is 30.3 Å². The molecule has 1 atom stereocenters.